The van der Waals surface area contributed by atoms with Gasteiger partial charge >= 0.3 is 5.69 Å². The largest absolute Gasteiger partial charge is 0.383 e. The Morgan fingerprint density at radius 1 is 1.47 bits per heavy atom. The summed E-state index contributed by atoms with van der Waals surface area (Å²) in [5.41, 5.74) is 5.28. The molecule has 0 bridgehead atoms. The van der Waals surface area contributed by atoms with Gasteiger partial charge in [0.1, 0.15) is 11.5 Å². The molecule has 0 aromatic carbocycles. The van der Waals surface area contributed by atoms with Gasteiger partial charge in [0.25, 0.3) is 5.56 Å². The van der Waals surface area contributed by atoms with Gasteiger partial charge in [-0.2, -0.15) is 0 Å². The van der Waals surface area contributed by atoms with E-state index >= 15 is 0 Å². The summed E-state index contributed by atoms with van der Waals surface area (Å²) < 4.78 is 1.35. The van der Waals surface area contributed by atoms with Crippen molar-refractivity contribution >= 4 is 11.5 Å². The van der Waals surface area contributed by atoms with E-state index < -0.39 is 11.2 Å². The van der Waals surface area contributed by atoms with E-state index in [1.165, 1.54) is 4.57 Å². The summed E-state index contributed by atoms with van der Waals surface area (Å²) in [4.78, 5) is 25.4. The molecule has 1 aliphatic carbocycles. The average molecular weight is 238 g/mol. The van der Waals surface area contributed by atoms with E-state index in [-0.39, 0.29) is 5.82 Å². The van der Waals surface area contributed by atoms with Crippen molar-refractivity contribution < 1.29 is 0 Å². The minimum absolute atomic E-state index is 0.225. The molecule has 0 saturated heterocycles. The van der Waals surface area contributed by atoms with Gasteiger partial charge in [0.2, 0.25) is 0 Å². The van der Waals surface area contributed by atoms with Crippen LogP contribution in [0.25, 0.3) is 0 Å². The lowest BCUT2D eigenvalue weighted by atomic mass is 10.3. The second-order valence-electron chi connectivity index (χ2n) is 4.42. The first-order valence-corrected chi connectivity index (χ1v) is 5.97. The van der Waals surface area contributed by atoms with Gasteiger partial charge in [-0.3, -0.25) is 14.3 Å². The number of nitrogens with zero attached hydrogens (tertiary/aromatic N) is 1. The van der Waals surface area contributed by atoms with E-state index in [1.807, 2.05) is 6.92 Å². The molecule has 6 nitrogen and oxygen atoms in total. The van der Waals surface area contributed by atoms with Gasteiger partial charge in [-0.15, -0.1) is 0 Å². The van der Waals surface area contributed by atoms with E-state index in [1.54, 1.807) is 0 Å². The fourth-order valence-corrected chi connectivity index (χ4v) is 2.10. The fraction of sp³-hybridized carbons (Fsp3) is 0.636. The minimum atomic E-state index is -0.455. The quantitative estimate of drug-likeness (QED) is 0.705. The van der Waals surface area contributed by atoms with E-state index in [9.17, 15) is 9.59 Å². The number of hydrogen-bond acceptors (Lipinski definition) is 4. The molecule has 1 aromatic rings. The standard InChI is InChI=1S/C11H18N4O2/c1-3-6-5-7(6)13-8-9(12)15(4-2)11(17)14-10(8)16/h6-7,13H,3-5,12H2,1-2H3,(H,14,16,17). The monoisotopic (exact) mass is 238 g/mol. The Morgan fingerprint density at radius 3 is 2.71 bits per heavy atom. The summed E-state index contributed by atoms with van der Waals surface area (Å²) in [6, 6.07) is 0.311. The van der Waals surface area contributed by atoms with Crippen LogP contribution in [-0.2, 0) is 6.54 Å². The van der Waals surface area contributed by atoms with Crippen LogP contribution in [0.15, 0.2) is 9.59 Å². The lowest BCUT2D eigenvalue weighted by molar-refractivity contribution is 0.704. The molecule has 2 rings (SSSR count). The van der Waals surface area contributed by atoms with Crippen LogP contribution >= 0.6 is 0 Å². The van der Waals surface area contributed by atoms with E-state index in [0.29, 0.717) is 24.2 Å². The third-order valence-electron chi connectivity index (χ3n) is 3.33. The second-order valence-corrected chi connectivity index (χ2v) is 4.42. The number of aromatic amines is 1. The van der Waals surface area contributed by atoms with E-state index in [2.05, 4.69) is 17.2 Å². The van der Waals surface area contributed by atoms with Crippen LogP contribution < -0.4 is 22.3 Å². The summed E-state index contributed by atoms with van der Waals surface area (Å²) in [5.74, 6) is 0.832. The molecule has 0 spiro atoms. The number of anilines is 2. The highest BCUT2D eigenvalue weighted by Crippen LogP contribution is 2.36. The summed E-state index contributed by atoms with van der Waals surface area (Å²) in [6.45, 7) is 4.37. The van der Waals surface area contributed by atoms with Crippen molar-refractivity contribution in [3.8, 4) is 0 Å². The van der Waals surface area contributed by atoms with Gasteiger partial charge in [-0.25, -0.2) is 4.79 Å². The predicted octanol–water partition coefficient (Wildman–Crippen LogP) is 0.349. The molecule has 1 aromatic heterocycles. The first kappa shape index (κ1) is 11.8. The van der Waals surface area contributed by atoms with Crippen molar-refractivity contribution in [2.75, 3.05) is 11.1 Å². The zero-order valence-corrected chi connectivity index (χ0v) is 10.1. The van der Waals surface area contributed by atoms with E-state index in [4.69, 9.17) is 5.73 Å². The number of nitrogens with one attached hydrogen (secondary N) is 2. The zero-order chi connectivity index (χ0) is 12.6. The maximum Gasteiger partial charge on any atom is 0.330 e. The summed E-state index contributed by atoms with van der Waals surface area (Å²) in [5, 5.41) is 3.13. The maximum atomic E-state index is 11.7. The number of nitrogen functional groups attached to an aromatic ring is 1. The fourth-order valence-electron chi connectivity index (χ4n) is 2.10. The molecule has 94 valence electrons. The van der Waals surface area contributed by atoms with Crippen molar-refractivity contribution in [3.63, 3.8) is 0 Å². The van der Waals surface area contributed by atoms with Crippen molar-refractivity contribution in [2.24, 2.45) is 5.92 Å². The summed E-state index contributed by atoms with van der Waals surface area (Å²) in [7, 11) is 0. The van der Waals surface area contributed by atoms with Crippen molar-refractivity contribution in [2.45, 2.75) is 39.3 Å². The first-order chi connectivity index (χ1) is 8.08. The van der Waals surface area contributed by atoms with Crippen molar-refractivity contribution in [1.29, 1.82) is 0 Å². The lowest BCUT2D eigenvalue weighted by Gasteiger charge is -2.12. The molecule has 17 heavy (non-hydrogen) atoms. The number of rotatable bonds is 4. The summed E-state index contributed by atoms with van der Waals surface area (Å²) in [6.07, 6.45) is 2.14. The Hall–Kier alpha value is -1.72. The normalized spacial score (nSPS) is 22.5. The topological polar surface area (TPSA) is 92.9 Å². The minimum Gasteiger partial charge on any atom is -0.383 e. The maximum absolute atomic E-state index is 11.7. The molecule has 4 N–H and O–H groups in total. The Balaban J connectivity index is 2.34. The molecule has 2 atom stereocenters. The van der Waals surface area contributed by atoms with Crippen LogP contribution in [0.1, 0.15) is 26.7 Å². The summed E-state index contributed by atoms with van der Waals surface area (Å²) >= 11 is 0. The molecule has 0 aliphatic heterocycles. The SMILES string of the molecule is CCC1CC1Nc1c(N)n(CC)c(=O)[nH]c1=O. The molecular formula is C11H18N4O2. The Labute approximate surface area is 98.8 Å². The molecule has 1 saturated carbocycles. The highest BCUT2D eigenvalue weighted by Gasteiger charge is 2.36. The van der Waals surface area contributed by atoms with Crippen LogP contribution in [0.3, 0.4) is 0 Å². The molecule has 6 heteroatoms. The van der Waals surface area contributed by atoms with E-state index in [0.717, 1.165) is 12.8 Å². The third-order valence-corrected chi connectivity index (χ3v) is 3.33. The zero-order valence-electron chi connectivity index (χ0n) is 10.1. The van der Waals surface area contributed by atoms with Crippen molar-refractivity contribution in [1.82, 2.24) is 9.55 Å². The molecule has 1 fully saturated rings. The molecule has 2 unspecified atom stereocenters. The van der Waals surface area contributed by atoms with Gasteiger partial charge in [0, 0.05) is 12.6 Å². The average Bonchev–Trinajstić information content (AvgIpc) is 3.03. The van der Waals surface area contributed by atoms with Crippen LogP contribution in [0.4, 0.5) is 11.5 Å². The number of hydrogen-bond donors (Lipinski definition) is 3. The number of aromatic nitrogens is 2. The molecular weight excluding hydrogens is 220 g/mol. The Kier molecular flexibility index (Phi) is 2.95. The Bertz CT molecular complexity index is 531. The van der Waals surface area contributed by atoms with Crippen LogP contribution in [0.2, 0.25) is 0 Å². The van der Waals surface area contributed by atoms with Crippen LogP contribution in [0.5, 0.6) is 0 Å². The molecule has 0 amide bonds. The van der Waals surface area contributed by atoms with Gasteiger partial charge in [0.15, 0.2) is 0 Å². The van der Waals surface area contributed by atoms with Gasteiger partial charge in [-0.05, 0) is 19.3 Å². The molecule has 1 heterocycles. The predicted molar refractivity (Wildman–Crippen MR) is 67.2 cm³/mol. The first-order valence-electron chi connectivity index (χ1n) is 5.97. The third kappa shape index (κ3) is 2.07. The van der Waals surface area contributed by atoms with Crippen LogP contribution in [0, 0.1) is 5.92 Å². The van der Waals surface area contributed by atoms with Crippen molar-refractivity contribution in [3.05, 3.63) is 20.8 Å². The van der Waals surface area contributed by atoms with Gasteiger partial charge in [0.05, 0.1) is 0 Å². The smallest absolute Gasteiger partial charge is 0.330 e. The molecule has 0 radical (unpaired) electrons. The second kappa shape index (κ2) is 4.27. The molecule has 1 aliphatic rings. The van der Waals surface area contributed by atoms with Gasteiger partial charge < -0.3 is 11.1 Å². The number of H-pyrrole nitrogens is 1. The number of nitrogens with two attached hydrogens (primary N) is 1. The highest BCUT2D eigenvalue weighted by molar-refractivity contribution is 5.61. The van der Waals surface area contributed by atoms with Gasteiger partial charge in [-0.1, -0.05) is 13.3 Å². The Morgan fingerprint density at radius 2 is 2.18 bits per heavy atom. The highest BCUT2D eigenvalue weighted by atomic mass is 16.2. The van der Waals surface area contributed by atoms with Crippen LogP contribution in [-0.4, -0.2) is 15.6 Å². The lowest BCUT2D eigenvalue weighted by Crippen LogP contribution is -2.34.